The van der Waals surface area contributed by atoms with Crippen LogP contribution in [-0.2, 0) is 0 Å². The minimum absolute atomic E-state index is 0.298. The summed E-state index contributed by atoms with van der Waals surface area (Å²) >= 11 is 0. The Morgan fingerprint density at radius 2 is 2.00 bits per heavy atom. The summed E-state index contributed by atoms with van der Waals surface area (Å²) in [6, 6.07) is 8.02. The highest BCUT2D eigenvalue weighted by Gasteiger charge is 2.27. The molecule has 0 radical (unpaired) electrons. The number of rotatable bonds is 4. The van der Waals surface area contributed by atoms with Gasteiger partial charge in [-0.15, -0.1) is 0 Å². The molecular weight excluding hydrogens is 360 g/mol. The highest BCUT2D eigenvalue weighted by Crippen LogP contribution is 2.35. The van der Waals surface area contributed by atoms with Crippen LogP contribution in [0.1, 0.15) is 75.1 Å². The van der Waals surface area contributed by atoms with Gasteiger partial charge in [0.05, 0.1) is 17.4 Å². The first-order valence-electron chi connectivity index (χ1n) is 11.0. The Bertz CT molecular complexity index is 821. The number of allylic oxidation sites excluding steroid dienone is 1. The molecule has 2 aliphatic heterocycles. The first kappa shape index (κ1) is 20.1. The number of hydrazine groups is 1. The summed E-state index contributed by atoms with van der Waals surface area (Å²) < 4.78 is 0. The van der Waals surface area contributed by atoms with Crippen molar-refractivity contribution >= 4 is 11.3 Å². The molecule has 6 nitrogen and oxygen atoms in total. The Labute approximate surface area is 174 Å². The average Bonchev–Trinajstić information content (AvgIpc) is 2.97. The quantitative estimate of drug-likeness (QED) is 0.566. The minimum Gasteiger partial charge on any atom is -0.383 e. The average molecular weight is 395 g/mol. The van der Waals surface area contributed by atoms with Gasteiger partial charge in [0.25, 0.3) is 0 Å². The highest BCUT2D eigenvalue weighted by molar-refractivity contribution is 5.76. The topological polar surface area (TPSA) is 75.5 Å². The standard InChI is InChI=1S/C23H34N6/c1-15-21(14-29(3)28-15)17-9-10-19-20(13-17)22(26-18-7-5-4-6-8-18)11-12-25-23(19)16(2)27-24/h9-10,13-15,18,22,24-26,28H,4-8,11-12H2,1-3H3/b23-16-,27-24?. The van der Waals surface area contributed by atoms with Crippen LogP contribution in [0.2, 0.25) is 0 Å². The van der Waals surface area contributed by atoms with E-state index in [1.807, 2.05) is 19.0 Å². The Hall–Kier alpha value is -2.18. The molecule has 29 heavy (non-hydrogen) atoms. The molecular formula is C23H34N6. The van der Waals surface area contributed by atoms with E-state index in [0.717, 1.165) is 24.4 Å². The van der Waals surface area contributed by atoms with Crippen LogP contribution in [-0.4, -0.2) is 30.7 Å². The second-order valence-corrected chi connectivity index (χ2v) is 8.69. The predicted molar refractivity (Wildman–Crippen MR) is 118 cm³/mol. The SMILES string of the molecule is C/C(N=N)=C1/NCCC(NC2CCCCC2)c2cc(C3=CN(C)NC3C)ccc21. The lowest BCUT2D eigenvalue weighted by atomic mass is 9.89. The number of hydrogen-bond acceptors (Lipinski definition) is 6. The van der Waals surface area contributed by atoms with E-state index in [4.69, 9.17) is 5.53 Å². The number of fused-ring (bicyclic) bond motifs is 1. The molecule has 1 saturated carbocycles. The predicted octanol–water partition coefficient (Wildman–Crippen LogP) is 4.54. The van der Waals surface area contributed by atoms with Gasteiger partial charge in [-0.3, -0.25) is 0 Å². The van der Waals surface area contributed by atoms with Crippen molar-refractivity contribution in [2.45, 2.75) is 70.5 Å². The molecule has 2 heterocycles. The fourth-order valence-corrected chi connectivity index (χ4v) is 5.01. The summed E-state index contributed by atoms with van der Waals surface area (Å²) in [4.78, 5) is 0. The van der Waals surface area contributed by atoms with Gasteiger partial charge in [-0.1, -0.05) is 31.4 Å². The molecule has 2 atom stereocenters. The van der Waals surface area contributed by atoms with E-state index in [-0.39, 0.29) is 0 Å². The lowest BCUT2D eigenvalue weighted by Gasteiger charge is -2.29. The molecule has 0 spiro atoms. The minimum atomic E-state index is 0.298. The van der Waals surface area contributed by atoms with Crippen LogP contribution in [0.5, 0.6) is 0 Å². The van der Waals surface area contributed by atoms with Crippen LogP contribution in [0.3, 0.4) is 0 Å². The van der Waals surface area contributed by atoms with Crippen molar-refractivity contribution in [2.24, 2.45) is 5.11 Å². The van der Waals surface area contributed by atoms with Gasteiger partial charge in [-0.05, 0) is 55.9 Å². The molecule has 4 N–H and O–H groups in total. The number of hydrogen-bond donors (Lipinski definition) is 4. The second kappa shape index (κ2) is 8.67. The van der Waals surface area contributed by atoms with Crippen molar-refractivity contribution in [3.8, 4) is 0 Å². The van der Waals surface area contributed by atoms with E-state index in [0.29, 0.717) is 18.1 Å². The Morgan fingerprint density at radius 1 is 1.21 bits per heavy atom. The number of nitrogens with one attached hydrogen (secondary N) is 4. The molecule has 1 aromatic rings. The van der Waals surface area contributed by atoms with Crippen molar-refractivity contribution < 1.29 is 0 Å². The summed E-state index contributed by atoms with van der Waals surface area (Å²) in [6.07, 6.45) is 9.81. The Morgan fingerprint density at radius 3 is 2.69 bits per heavy atom. The van der Waals surface area contributed by atoms with Gasteiger partial charge in [0.2, 0.25) is 0 Å². The smallest absolute Gasteiger partial charge is 0.0829 e. The van der Waals surface area contributed by atoms with Gasteiger partial charge in [-0.2, -0.15) is 5.11 Å². The summed E-state index contributed by atoms with van der Waals surface area (Å²) in [5, 5.41) is 13.3. The molecule has 4 rings (SSSR count). The van der Waals surface area contributed by atoms with Crippen LogP contribution in [0.25, 0.3) is 11.3 Å². The van der Waals surface area contributed by atoms with E-state index in [1.54, 1.807) is 0 Å². The van der Waals surface area contributed by atoms with Gasteiger partial charge < -0.3 is 15.6 Å². The van der Waals surface area contributed by atoms with Crippen LogP contribution in [0, 0.1) is 5.53 Å². The lowest BCUT2D eigenvalue weighted by molar-refractivity contribution is 0.331. The van der Waals surface area contributed by atoms with Crippen LogP contribution >= 0.6 is 0 Å². The molecule has 0 saturated heterocycles. The summed E-state index contributed by atoms with van der Waals surface area (Å²) in [5.74, 6) is 0. The van der Waals surface area contributed by atoms with Crippen LogP contribution < -0.4 is 16.1 Å². The second-order valence-electron chi connectivity index (χ2n) is 8.69. The third-order valence-electron chi connectivity index (χ3n) is 6.53. The van der Waals surface area contributed by atoms with Crippen LogP contribution in [0.15, 0.2) is 35.2 Å². The third kappa shape index (κ3) is 4.23. The molecule has 3 aliphatic rings. The summed E-state index contributed by atoms with van der Waals surface area (Å²) in [6.45, 7) is 5.01. The summed E-state index contributed by atoms with van der Waals surface area (Å²) in [7, 11) is 2.05. The molecule has 156 valence electrons. The zero-order chi connectivity index (χ0) is 20.4. The fourth-order valence-electron chi connectivity index (χ4n) is 5.01. The maximum atomic E-state index is 7.53. The molecule has 1 aromatic carbocycles. The first-order valence-corrected chi connectivity index (χ1v) is 11.0. The van der Waals surface area contributed by atoms with Crippen molar-refractivity contribution in [1.29, 1.82) is 5.53 Å². The van der Waals surface area contributed by atoms with Crippen molar-refractivity contribution in [3.05, 3.63) is 46.8 Å². The number of nitrogens with zero attached hydrogens (tertiary/aromatic N) is 2. The van der Waals surface area contributed by atoms with Crippen LogP contribution in [0.4, 0.5) is 0 Å². The van der Waals surface area contributed by atoms with Gasteiger partial charge >= 0.3 is 0 Å². The normalized spacial score (nSPS) is 27.0. The zero-order valence-corrected chi connectivity index (χ0v) is 17.9. The van der Waals surface area contributed by atoms with E-state index in [9.17, 15) is 0 Å². The number of benzene rings is 1. The molecule has 1 fully saturated rings. The molecule has 0 amide bonds. The maximum absolute atomic E-state index is 7.53. The zero-order valence-electron chi connectivity index (χ0n) is 17.9. The molecule has 0 bridgehead atoms. The molecule has 6 heteroatoms. The Kier molecular flexibility index (Phi) is 6.01. The van der Waals surface area contributed by atoms with Gasteiger partial charge in [-0.25, -0.2) is 11.0 Å². The third-order valence-corrected chi connectivity index (χ3v) is 6.53. The monoisotopic (exact) mass is 394 g/mol. The van der Waals surface area contributed by atoms with E-state index < -0.39 is 0 Å². The van der Waals surface area contributed by atoms with E-state index in [1.165, 1.54) is 54.4 Å². The first-order chi connectivity index (χ1) is 14.1. The molecule has 0 aromatic heterocycles. The fraction of sp³-hybridized carbons (Fsp3) is 0.565. The lowest BCUT2D eigenvalue weighted by Crippen LogP contribution is -2.35. The highest BCUT2D eigenvalue weighted by atomic mass is 15.5. The van der Waals surface area contributed by atoms with Gasteiger partial charge in [0.15, 0.2) is 0 Å². The van der Waals surface area contributed by atoms with Gasteiger partial charge in [0.1, 0.15) is 0 Å². The van der Waals surface area contributed by atoms with Gasteiger partial charge in [0, 0.05) is 37.4 Å². The van der Waals surface area contributed by atoms with Crippen molar-refractivity contribution in [2.75, 3.05) is 13.6 Å². The van der Waals surface area contributed by atoms with Crippen molar-refractivity contribution in [3.63, 3.8) is 0 Å². The molecule has 1 aliphatic carbocycles. The largest absolute Gasteiger partial charge is 0.383 e. The summed E-state index contributed by atoms with van der Waals surface area (Å²) in [5.41, 5.74) is 17.8. The van der Waals surface area contributed by atoms with E-state index >= 15 is 0 Å². The molecule has 2 unspecified atom stereocenters. The maximum Gasteiger partial charge on any atom is 0.0829 e. The van der Waals surface area contributed by atoms with Crippen molar-refractivity contribution in [1.82, 2.24) is 21.1 Å². The Balaban J connectivity index is 1.74. The van der Waals surface area contributed by atoms with E-state index in [2.05, 4.69) is 52.5 Å².